The predicted molar refractivity (Wildman–Crippen MR) is 83.1 cm³/mol. The number of unbranched alkanes of at least 4 members (excludes halogenated alkanes) is 4. The number of benzene rings is 1. The van der Waals surface area contributed by atoms with Crippen molar-refractivity contribution in [3.8, 4) is 5.75 Å². The lowest BCUT2D eigenvalue weighted by atomic mass is 10.1. The Bertz CT molecular complexity index is 355. The van der Waals surface area contributed by atoms with Gasteiger partial charge in [-0.15, -0.1) is 0 Å². The van der Waals surface area contributed by atoms with Crippen molar-refractivity contribution >= 4 is 11.6 Å². The Kier molecular flexibility index (Phi) is 8.68. The van der Waals surface area contributed by atoms with E-state index >= 15 is 0 Å². The maximum absolute atomic E-state index is 6.22. The first kappa shape index (κ1) is 16.3. The fraction of sp³-hybridized carbons (Fsp3) is 0.625. The van der Waals surface area contributed by atoms with Gasteiger partial charge in [-0.25, -0.2) is 0 Å². The summed E-state index contributed by atoms with van der Waals surface area (Å²) >= 11 is 6.22. The molecule has 0 bridgehead atoms. The third-order valence-electron chi connectivity index (χ3n) is 3.11. The van der Waals surface area contributed by atoms with Crippen molar-refractivity contribution in [2.45, 2.75) is 52.5 Å². The number of para-hydroxylation sites is 1. The van der Waals surface area contributed by atoms with Crippen LogP contribution in [0.4, 0.5) is 0 Å². The smallest absolute Gasteiger partial charge is 0.142 e. The lowest BCUT2D eigenvalue weighted by molar-refractivity contribution is 0.301. The Morgan fingerprint density at radius 3 is 2.63 bits per heavy atom. The average molecular weight is 284 g/mol. The normalized spacial score (nSPS) is 10.7. The number of ether oxygens (including phenoxy) is 1. The molecule has 1 aromatic carbocycles. The maximum Gasteiger partial charge on any atom is 0.142 e. The molecule has 0 aliphatic heterocycles. The van der Waals surface area contributed by atoms with Crippen molar-refractivity contribution < 1.29 is 4.74 Å². The van der Waals surface area contributed by atoms with Gasteiger partial charge in [0, 0.05) is 12.1 Å². The molecule has 0 aromatic heterocycles. The van der Waals surface area contributed by atoms with E-state index in [9.17, 15) is 0 Å². The first-order valence-corrected chi connectivity index (χ1v) is 7.78. The summed E-state index contributed by atoms with van der Waals surface area (Å²) in [5.74, 6) is 0.848. The number of hydrogen-bond acceptors (Lipinski definition) is 2. The Balaban J connectivity index is 2.42. The monoisotopic (exact) mass is 283 g/mol. The molecule has 0 amide bonds. The van der Waals surface area contributed by atoms with E-state index in [-0.39, 0.29) is 0 Å². The zero-order valence-electron chi connectivity index (χ0n) is 12.2. The van der Waals surface area contributed by atoms with Gasteiger partial charge in [-0.3, -0.25) is 0 Å². The van der Waals surface area contributed by atoms with Gasteiger partial charge < -0.3 is 10.1 Å². The van der Waals surface area contributed by atoms with E-state index < -0.39 is 0 Å². The van der Waals surface area contributed by atoms with Crippen LogP contribution in [0.25, 0.3) is 0 Å². The molecular weight excluding hydrogens is 258 g/mol. The molecule has 1 aromatic rings. The van der Waals surface area contributed by atoms with E-state index in [0.717, 1.165) is 37.4 Å². The Hall–Kier alpha value is -0.730. The minimum Gasteiger partial charge on any atom is -0.492 e. The van der Waals surface area contributed by atoms with Crippen LogP contribution in [0.2, 0.25) is 5.02 Å². The molecule has 0 spiro atoms. The SMILES string of the molecule is CCCCCCCOc1c(Cl)cccc1CNCC. The van der Waals surface area contributed by atoms with E-state index in [2.05, 4.69) is 25.2 Å². The van der Waals surface area contributed by atoms with Crippen LogP contribution in [0.1, 0.15) is 51.5 Å². The van der Waals surface area contributed by atoms with Gasteiger partial charge >= 0.3 is 0 Å². The minimum absolute atomic E-state index is 0.712. The van der Waals surface area contributed by atoms with Crippen LogP contribution in [0.5, 0.6) is 5.75 Å². The lowest BCUT2D eigenvalue weighted by Crippen LogP contribution is -2.13. The fourth-order valence-electron chi connectivity index (χ4n) is 1.99. The number of halogens is 1. The zero-order chi connectivity index (χ0) is 13.9. The van der Waals surface area contributed by atoms with Gasteiger partial charge in [0.2, 0.25) is 0 Å². The summed E-state index contributed by atoms with van der Waals surface area (Å²) in [5, 5.41) is 4.02. The summed E-state index contributed by atoms with van der Waals surface area (Å²) in [6, 6.07) is 5.94. The largest absolute Gasteiger partial charge is 0.492 e. The highest BCUT2D eigenvalue weighted by molar-refractivity contribution is 6.32. The van der Waals surface area contributed by atoms with Gasteiger partial charge in [0.25, 0.3) is 0 Å². The molecule has 0 saturated heterocycles. The van der Waals surface area contributed by atoms with Gasteiger partial charge in [-0.2, -0.15) is 0 Å². The van der Waals surface area contributed by atoms with Crippen LogP contribution in [-0.2, 0) is 6.54 Å². The van der Waals surface area contributed by atoms with Crippen molar-refractivity contribution in [3.05, 3.63) is 28.8 Å². The average Bonchev–Trinajstić information content (AvgIpc) is 2.42. The van der Waals surface area contributed by atoms with Crippen LogP contribution < -0.4 is 10.1 Å². The molecule has 1 N–H and O–H groups in total. The van der Waals surface area contributed by atoms with E-state index in [1.54, 1.807) is 0 Å². The Morgan fingerprint density at radius 1 is 1.11 bits per heavy atom. The molecular formula is C16H26ClNO. The highest BCUT2D eigenvalue weighted by Gasteiger charge is 2.07. The second-order valence-electron chi connectivity index (χ2n) is 4.77. The van der Waals surface area contributed by atoms with Gasteiger partial charge in [0.05, 0.1) is 11.6 Å². The third kappa shape index (κ3) is 6.31. The summed E-state index contributed by atoms with van der Waals surface area (Å²) in [6.45, 7) is 6.84. The van der Waals surface area contributed by atoms with Crippen molar-refractivity contribution in [1.29, 1.82) is 0 Å². The van der Waals surface area contributed by atoms with Crippen LogP contribution in [0.3, 0.4) is 0 Å². The fourth-order valence-corrected chi connectivity index (χ4v) is 2.24. The molecule has 19 heavy (non-hydrogen) atoms. The summed E-state index contributed by atoms with van der Waals surface area (Å²) in [7, 11) is 0. The lowest BCUT2D eigenvalue weighted by Gasteiger charge is -2.13. The Labute approximate surface area is 122 Å². The molecule has 0 fully saturated rings. The first-order chi connectivity index (χ1) is 9.29. The summed E-state index contributed by atoms with van der Waals surface area (Å²) in [4.78, 5) is 0. The van der Waals surface area contributed by atoms with E-state index in [0.29, 0.717) is 5.02 Å². The molecule has 2 nitrogen and oxygen atoms in total. The van der Waals surface area contributed by atoms with Crippen LogP contribution in [0, 0.1) is 0 Å². The standard InChI is InChI=1S/C16H26ClNO/c1-3-5-6-7-8-12-19-16-14(13-18-4-2)10-9-11-15(16)17/h9-11,18H,3-8,12-13H2,1-2H3. The highest BCUT2D eigenvalue weighted by atomic mass is 35.5. The molecule has 108 valence electrons. The first-order valence-electron chi connectivity index (χ1n) is 7.40. The van der Waals surface area contributed by atoms with Crippen LogP contribution >= 0.6 is 11.6 Å². The second-order valence-corrected chi connectivity index (χ2v) is 5.18. The van der Waals surface area contributed by atoms with Crippen molar-refractivity contribution in [1.82, 2.24) is 5.32 Å². The minimum atomic E-state index is 0.712. The highest BCUT2D eigenvalue weighted by Crippen LogP contribution is 2.28. The zero-order valence-corrected chi connectivity index (χ0v) is 12.9. The molecule has 0 saturated carbocycles. The van der Waals surface area contributed by atoms with Gasteiger partial charge in [0.1, 0.15) is 5.75 Å². The van der Waals surface area contributed by atoms with Gasteiger partial charge in [0.15, 0.2) is 0 Å². The number of hydrogen-bond donors (Lipinski definition) is 1. The summed E-state index contributed by atoms with van der Waals surface area (Å²) in [6.07, 6.45) is 6.23. The number of nitrogens with one attached hydrogen (secondary N) is 1. The number of rotatable bonds is 10. The van der Waals surface area contributed by atoms with E-state index in [4.69, 9.17) is 16.3 Å². The van der Waals surface area contributed by atoms with Gasteiger partial charge in [-0.05, 0) is 19.0 Å². The molecule has 0 atom stereocenters. The molecule has 0 aliphatic rings. The van der Waals surface area contributed by atoms with E-state index in [1.807, 2.05) is 12.1 Å². The Morgan fingerprint density at radius 2 is 1.89 bits per heavy atom. The predicted octanol–water partition coefficient (Wildman–Crippen LogP) is 4.80. The molecule has 1 rings (SSSR count). The molecule has 0 heterocycles. The molecule has 0 aliphatic carbocycles. The van der Waals surface area contributed by atoms with Crippen molar-refractivity contribution in [2.75, 3.05) is 13.2 Å². The molecule has 3 heteroatoms. The maximum atomic E-state index is 6.22. The molecule has 0 unspecified atom stereocenters. The van der Waals surface area contributed by atoms with Crippen molar-refractivity contribution in [3.63, 3.8) is 0 Å². The van der Waals surface area contributed by atoms with Gasteiger partial charge in [-0.1, -0.05) is 63.3 Å². The van der Waals surface area contributed by atoms with Crippen LogP contribution in [0.15, 0.2) is 18.2 Å². The molecule has 0 radical (unpaired) electrons. The van der Waals surface area contributed by atoms with Crippen LogP contribution in [-0.4, -0.2) is 13.2 Å². The summed E-state index contributed by atoms with van der Waals surface area (Å²) < 4.78 is 5.87. The topological polar surface area (TPSA) is 21.3 Å². The van der Waals surface area contributed by atoms with Crippen molar-refractivity contribution in [2.24, 2.45) is 0 Å². The second kappa shape index (κ2) is 10.1. The van der Waals surface area contributed by atoms with E-state index in [1.165, 1.54) is 25.7 Å². The summed E-state index contributed by atoms with van der Waals surface area (Å²) in [5.41, 5.74) is 1.14. The third-order valence-corrected chi connectivity index (χ3v) is 3.41. The quantitative estimate of drug-likeness (QED) is 0.623.